The van der Waals surface area contributed by atoms with Crippen LogP contribution in [0.1, 0.15) is 63.5 Å². The molecule has 1 aliphatic rings. The van der Waals surface area contributed by atoms with E-state index in [2.05, 4.69) is 24.4 Å². The average molecular weight is 275 g/mol. The summed E-state index contributed by atoms with van der Waals surface area (Å²) in [6, 6.07) is 11.0. The lowest BCUT2D eigenvalue weighted by atomic mass is 9.95. The molecule has 0 saturated heterocycles. The minimum atomic E-state index is 0.0870. The molecule has 1 aromatic rings. The molecule has 0 heterocycles. The molecule has 1 fully saturated rings. The van der Waals surface area contributed by atoms with Crippen molar-refractivity contribution in [3.63, 3.8) is 0 Å². The normalized spacial score (nSPS) is 25.1. The zero-order chi connectivity index (χ0) is 14.2. The molecule has 2 nitrogen and oxygen atoms in total. The highest BCUT2D eigenvalue weighted by Crippen LogP contribution is 2.28. The molecule has 0 spiro atoms. The maximum Gasteiger partial charge on any atom is 0.0626 e. The molecule has 112 valence electrons. The molecule has 2 unspecified atom stereocenters. The molecule has 2 N–H and O–H groups in total. The second kappa shape index (κ2) is 8.43. The summed E-state index contributed by atoms with van der Waals surface area (Å²) in [5.41, 5.74) is 1.20. The molecule has 0 aromatic heterocycles. The van der Waals surface area contributed by atoms with Gasteiger partial charge in [-0.15, -0.1) is 0 Å². The van der Waals surface area contributed by atoms with Gasteiger partial charge in [0.15, 0.2) is 0 Å². The molecular formula is C18H29NO. The topological polar surface area (TPSA) is 32.3 Å². The van der Waals surface area contributed by atoms with Crippen LogP contribution in [-0.4, -0.2) is 17.8 Å². The van der Waals surface area contributed by atoms with Gasteiger partial charge in [0.2, 0.25) is 0 Å². The first-order chi connectivity index (χ1) is 9.83. The first-order valence-corrected chi connectivity index (χ1v) is 8.25. The Balaban J connectivity index is 1.88. The van der Waals surface area contributed by atoms with Gasteiger partial charge in [-0.3, -0.25) is 0 Å². The van der Waals surface area contributed by atoms with Crippen LogP contribution in [0.4, 0.5) is 0 Å². The summed E-state index contributed by atoms with van der Waals surface area (Å²) in [5.74, 6) is 0.927. The Bertz CT molecular complexity index is 365. The molecule has 20 heavy (non-hydrogen) atoms. The molecule has 1 aliphatic carbocycles. The Labute approximate surface area is 123 Å². The fraction of sp³-hybridized carbons (Fsp3) is 0.667. The van der Waals surface area contributed by atoms with Crippen LogP contribution in [0.2, 0.25) is 0 Å². The van der Waals surface area contributed by atoms with E-state index in [1.54, 1.807) is 0 Å². The standard InChI is InChI=1S/C18H29NO/c1-2-7-15-8-6-11-17(13-12-15)19-18(14-20)16-9-4-3-5-10-16/h3-5,9-10,15,17-20H,2,6-8,11-14H2,1H3/t15?,17?,18-/m0/s1. The van der Waals surface area contributed by atoms with E-state index >= 15 is 0 Å². The smallest absolute Gasteiger partial charge is 0.0626 e. The van der Waals surface area contributed by atoms with E-state index in [0.29, 0.717) is 6.04 Å². The maximum atomic E-state index is 9.65. The van der Waals surface area contributed by atoms with Crippen LogP contribution in [0.5, 0.6) is 0 Å². The third-order valence-corrected chi connectivity index (χ3v) is 4.61. The summed E-state index contributed by atoms with van der Waals surface area (Å²) in [4.78, 5) is 0. The van der Waals surface area contributed by atoms with Gasteiger partial charge in [0.05, 0.1) is 12.6 Å². The third kappa shape index (κ3) is 4.60. The molecule has 1 saturated carbocycles. The number of rotatable bonds is 6. The summed E-state index contributed by atoms with van der Waals surface area (Å²) in [6.45, 7) is 2.47. The summed E-state index contributed by atoms with van der Waals surface area (Å²) in [6.07, 6.45) is 9.27. The number of hydrogen-bond donors (Lipinski definition) is 2. The second-order valence-electron chi connectivity index (χ2n) is 6.17. The summed E-state index contributed by atoms with van der Waals surface area (Å²) >= 11 is 0. The van der Waals surface area contributed by atoms with E-state index in [-0.39, 0.29) is 12.6 Å². The van der Waals surface area contributed by atoms with Crippen LogP contribution in [-0.2, 0) is 0 Å². The molecular weight excluding hydrogens is 246 g/mol. The van der Waals surface area contributed by atoms with Gasteiger partial charge >= 0.3 is 0 Å². The third-order valence-electron chi connectivity index (χ3n) is 4.61. The Morgan fingerprint density at radius 2 is 1.95 bits per heavy atom. The number of hydrogen-bond acceptors (Lipinski definition) is 2. The van der Waals surface area contributed by atoms with E-state index in [0.717, 1.165) is 5.92 Å². The van der Waals surface area contributed by atoms with Gasteiger partial charge in [0.25, 0.3) is 0 Å². The van der Waals surface area contributed by atoms with Crippen LogP contribution >= 0.6 is 0 Å². The number of nitrogens with one attached hydrogen (secondary N) is 1. The summed E-state index contributed by atoms with van der Waals surface area (Å²) < 4.78 is 0. The zero-order valence-corrected chi connectivity index (χ0v) is 12.7. The van der Waals surface area contributed by atoms with E-state index < -0.39 is 0 Å². The van der Waals surface area contributed by atoms with Crippen LogP contribution in [0, 0.1) is 5.92 Å². The minimum Gasteiger partial charge on any atom is -0.394 e. The lowest BCUT2D eigenvalue weighted by Gasteiger charge is -2.24. The summed E-state index contributed by atoms with van der Waals surface area (Å²) in [5, 5.41) is 13.3. The number of aliphatic hydroxyl groups excluding tert-OH is 1. The van der Waals surface area contributed by atoms with Crippen molar-refractivity contribution >= 4 is 0 Å². The lowest BCUT2D eigenvalue weighted by molar-refractivity contribution is 0.227. The molecule has 0 radical (unpaired) electrons. The van der Waals surface area contributed by atoms with Crippen molar-refractivity contribution in [2.24, 2.45) is 5.92 Å². The van der Waals surface area contributed by atoms with Crippen molar-refractivity contribution in [3.8, 4) is 0 Å². The van der Waals surface area contributed by atoms with Gasteiger partial charge in [-0.25, -0.2) is 0 Å². The van der Waals surface area contributed by atoms with Crippen molar-refractivity contribution in [3.05, 3.63) is 35.9 Å². The number of benzene rings is 1. The van der Waals surface area contributed by atoms with E-state index in [1.165, 1.54) is 50.5 Å². The molecule has 0 aliphatic heterocycles. The fourth-order valence-electron chi connectivity index (χ4n) is 3.47. The molecule has 0 bridgehead atoms. The van der Waals surface area contributed by atoms with Gasteiger partial charge in [-0.2, -0.15) is 0 Å². The van der Waals surface area contributed by atoms with Gasteiger partial charge in [-0.1, -0.05) is 62.9 Å². The van der Waals surface area contributed by atoms with Crippen molar-refractivity contribution in [2.75, 3.05) is 6.61 Å². The van der Waals surface area contributed by atoms with Crippen LogP contribution in [0.25, 0.3) is 0 Å². The first kappa shape index (κ1) is 15.5. The van der Waals surface area contributed by atoms with Crippen LogP contribution < -0.4 is 5.32 Å². The monoisotopic (exact) mass is 275 g/mol. The zero-order valence-electron chi connectivity index (χ0n) is 12.7. The van der Waals surface area contributed by atoms with Crippen molar-refractivity contribution < 1.29 is 5.11 Å². The lowest BCUT2D eigenvalue weighted by Crippen LogP contribution is -2.34. The SMILES string of the molecule is CCCC1CCCC(N[C@@H](CO)c2ccccc2)CC1. The Hall–Kier alpha value is -0.860. The predicted molar refractivity (Wildman–Crippen MR) is 84.7 cm³/mol. The average Bonchev–Trinajstić information content (AvgIpc) is 2.71. The maximum absolute atomic E-state index is 9.65. The van der Waals surface area contributed by atoms with Crippen molar-refractivity contribution in [2.45, 2.75) is 64.0 Å². The second-order valence-corrected chi connectivity index (χ2v) is 6.17. The van der Waals surface area contributed by atoms with Gasteiger partial charge < -0.3 is 10.4 Å². The fourth-order valence-corrected chi connectivity index (χ4v) is 3.47. The van der Waals surface area contributed by atoms with Crippen LogP contribution in [0.15, 0.2) is 30.3 Å². The number of aliphatic hydroxyl groups is 1. The Kier molecular flexibility index (Phi) is 6.55. The molecule has 2 heteroatoms. The largest absolute Gasteiger partial charge is 0.394 e. The molecule has 0 amide bonds. The quantitative estimate of drug-likeness (QED) is 0.767. The first-order valence-electron chi connectivity index (χ1n) is 8.25. The van der Waals surface area contributed by atoms with Crippen molar-refractivity contribution in [1.82, 2.24) is 5.32 Å². The van der Waals surface area contributed by atoms with Gasteiger partial charge in [0, 0.05) is 6.04 Å². The predicted octanol–water partition coefficient (Wildman–Crippen LogP) is 4.06. The van der Waals surface area contributed by atoms with Crippen LogP contribution in [0.3, 0.4) is 0 Å². The highest BCUT2D eigenvalue weighted by molar-refractivity contribution is 5.19. The van der Waals surface area contributed by atoms with Crippen molar-refractivity contribution in [1.29, 1.82) is 0 Å². The van der Waals surface area contributed by atoms with E-state index in [9.17, 15) is 5.11 Å². The van der Waals surface area contributed by atoms with Gasteiger partial charge in [0.1, 0.15) is 0 Å². The highest BCUT2D eigenvalue weighted by Gasteiger charge is 2.21. The van der Waals surface area contributed by atoms with E-state index in [4.69, 9.17) is 0 Å². The van der Waals surface area contributed by atoms with Gasteiger partial charge in [-0.05, 0) is 30.7 Å². The molecule has 3 atom stereocenters. The molecule has 1 aromatic carbocycles. The Morgan fingerprint density at radius 1 is 1.15 bits per heavy atom. The Morgan fingerprint density at radius 3 is 2.65 bits per heavy atom. The minimum absolute atomic E-state index is 0.0870. The summed E-state index contributed by atoms with van der Waals surface area (Å²) in [7, 11) is 0. The van der Waals surface area contributed by atoms with E-state index in [1.807, 2.05) is 18.2 Å². The molecule has 2 rings (SSSR count). The highest BCUT2D eigenvalue weighted by atomic mass is 16.3.